The monoisotopic (exact) mass is 377 g/mol. The molecular weight excluding hydrogens is 354 g/mol. The molecule has 0 unspecified atom stereocenters. The number of amides is 1. The quantitative estimate of drug-likeness (QED) is 0.800. The van der Waals surface area contributed by atoms with Crippen LogP contribution in [0.3, 0.4) is 0 Å². The minimum absolute atomic E-state index is 0.313. The summed E-state index contributed by atoms with van der Waals surface area (Å²) in [5, 5.41) is 2.69. The number of hydrogen-bond acceptors (Lipinski definition) is 5. The van der Waals surface area contributed by atoms with Crippen molar-refractivity contribution in [1.29, 1.82) is 0 Å². The van der Waals surface area contributed by atoms with Gasteiger partial charge in [-0.05, 0) is 48.5 Å². The molecule has 0 spiro atoms. The van der Waals surface area contributed by atoms with E-state index in [1.54, 1.807) is 55.6 Å². The number of anilines is 3. The van der Waals surface area contributed by atoms with Crippen LogP contribution in [0, 0.1) is 0 Å². The fourth-order valence-electron chi connectivity index (χ4n) is 2.32. The third-order valence-electron chi connectivity index (χ3n) is 3.72. The average molecular weight is 377 g/mol. The molecule has 2 rings (SSSR count). The van der Waals surface area contributed by atoms with Gasteiger partial charge in [0.25, 0.3) is 0 Å². The van der Waals surface area contributed by atoms with E-state index >= 15 is 0 Å². The maximum atomic E-state index is 12.3. The van der Waals surface area contributed by atoms with Crippen LogP contribution in [0.4, 0.5) is 17.1 Å². The molecule has 1 amide bonds. The highest BCUT2D eigenvalue weighted by atomic mass is 32.2. The van der Waals surface area contributed by atoms with E-state index in [4.69, 9.17) is 4.74 Å². The molecule has 8 heteroatoms. The molecule has 7 nitrogen and oxygen atoms in total. The highest BCUT2D eigenvalue weighted by molar-refractivity contribution is 7.92. The van der Waals surface area contributed by atoms with Crippen LogP contribution in [-0.4, -0.2) is 48.3 Å². The lowest BCUT2D eigenvalue weighted by Crippen LogP contribution is -2.37. The molecule has 0 bridgehead atoms. The summed E-state index contributed by atoms with van der Waals surface area (Å²) in [6, 6.07) is 13.8. The summed E-state index contributed by atoms with van der Waals surface area (Å²) >= 11 is 0. The molecule has 0 saturated heterocycles. The van der Waals surface area contributed by atoms with Crippen molar-refractivity contribution in [2.45, 2.75) is 0 Å². The zero-order chi connectivity index (χ0) is 19.3. The van der Waals surface area contributed by atoms with Crippen LogP contribution in [0.15, 0.2) is 48.5 Å². The Morgan fingerprint density at radius 3 is 2.00 bits per heavy atom. The highest BCUT2D eigenvalue weighted by Crippen LogP contribution is 2.22. The molecular formula is C18H23N3O4S. The lowest BCUT2D eigenvalue weighted by atomic mass is 10.2. The second-order valence-corrected chi connectivity index (χ2v) is 7.86. The van der Waals surface area contributed by atoms with Gasteiger partial charge in [-0.1, -0.05) is 0 Å². The van der Waals surface area contributed by atoms with Crippen molar-refractivity contribution < 1.29 is 17.9 Å². The van der Waals surface area contributed by atoms with Gasteiger partial charge in [-0.3, -0.25) is 9.10 Å². The number of rotatable bonds is 7. The number of carbonyl (C=O) groups excluding carboxylic acids is 1. The summed E-state index contributed by atoms with van der Waals surface area (Å²) in [6.07, 6.45) is 1.08. The summed E-state index contributed by atoms with van der Waals surface area (Å²) in [4.78, 5) is 14.2. The molecule has 0 saturated carbocycles. The summed E-state index contributed by atoms with van der Waals surface area (Å²) in [5.74, 6) is 0.235. The molecule has 1 N–H and O–H groups in total. The molecule has 0 aliphatic rings. The van der Waals surface area contributed by atoms with Gasteiger partial charge in [0.1, 0.15) is 12.3 Å². The minimum Gasteiger partial charge on any atom is -0.497 e. The Balaban J connectivity index is 2.15. The first-order valence-electron chi connectivity index (χ1n) is 7.89. The van der Waals surface area contributed by atoms with E-state index in [2.05, 4.69) is 5.32 Å². The predicted octanol–water partition coefficient (Wildman–Crippen LogP) is 2.17. The first-order valence-corrected chi connectivity index (χ1v) is 9.74. The molecule has 0 aliphatic carbocycles. The standard InChI is InChI=1S/C18H23N3O4S/c1-20(2)15-7-9-16(10-8-15)21(26(4,23)24)13-18(22)19-14-5-11-17(25-3)12-6-14/h5-12H,13H2,1-4H3,(H,19,22). The first-order chi connectivity index (χ1) is 12.2. The fourth-order valence-corrected chi connectivity index (χ4v) is 3.18. The van der Waals surface area contributed by atoms with Gasteiger partial charge in [0.15, 0.2) is 0 Å². The molecule has 0 aliphatic heterocycles. The van der Waals surface area contributed by atoms with Crippen molar-refractivity contribution in [2.24, 2.45) is 0 Å². The third kappa shape index (κ3) is 5.13. The molecule has 2 aromatic carbocycles. The second-order valence-electron chi connectivity index (χ2n) is 5.96. The van der Waals surface area contributed by atoms with Gasteiger partial charge in [-0.2, -0.15) is 0 Å². The number of ether oxygens (including phenoxy) is 1. The van der Waals surface area contributed by atoms with Crippen molar-refractivity contribution in [2.75, 3.05) is 48.5 Å². The number of carbonyl (C=O) groups is 1. The zero-order valence-corrected chi connectivity index (χ0v) is 16.1. The number of sulfonamides is 1. The third-order valence-corrected chi connectivity index (χ3v) is 4.86. The number of nitrogens with zero attached hydrogens (tertiary/aromatic N) is 2. The van der Waals surface area contributed by atoms with Gasteiger partial charge in [0, 0.05) is 25.5 Å². The lowest BCUT2D eigenvalue weighted by Gasteiger charge is -2.23. The number of benzene rings is 2. The van der Waals surface area contributed by atoms with Crippen molar-refractivity contribution in [3.05, 3.63) is 48.5 Å². The maximum absolute atomic E-state index is 12.3. The Labute approximate surface area is 154 Å². The Kier molecular flexibility index (Phi) is 6.10. The van der Waals surface area contributed by atoms with E-state index in [1.165, 1.54) is 0 Å². The van der Waals surface area contributed by atoms with Crippen molar-refractivity contribution in [3.8, 4) is 5.75 Å². The van der Waals surface area contributed by atoms with Gasteiger partial charge >= 0.3 is 0 Å². The van der Waals surface area contributed by atoms with Crippen LogP contribution in [0.25, 0.3) is 0 Å². The average Bonchev–Trinajstić information content (AvgIpc) is 2.59. The molecule has 140 valence electrons. The van der Waals surface area contributed by atoms with E-state index in [-0.39, 0.29) is 6.54 Å². The second kappa shape index (κ2) is 8.09. The van der Waals surface area contributed by atoms with E-state index in [1.807, 2.05) is 19.0 Å². The Morgan fingerprint density at radius 1 is 1.00 bits per heavy atom. The van der Waals surface area contributed by atoms with Gasteiger partial charge in [0.2, 0.25) is 15.9 Å². The number of nitrogens with one attached hydrogen (secondary N) is 1. The molecule has 26 heavy (non-hydrogen) atoms. The van der Waals surface area contributed by atoms with Crippen molar-refractivity contribution in [1.82, 2.24) is 0 Å². The summed E-state index contributed by atoms with van der Waals surface area (Å²) in [7, 11) is 1.73. The van der Waals surface area contributed by atoms with E-state index < -0.39 is 15.9 Å². The van der Waals surface area contributed by atoms with Crippen LogP contribution in [-0.2, 0) is 14.8 Å². The van der Waals surface area contributed by atoms with Crippen LogP contribution in [0.1, 0.15) is 0 Å². The number of methoxy groups -OCH3 is 1. The molecule has 0 radical (unpaired) electrons. The topological polar surface area (TPSA) is 79.0 Å². The van der Waals surface area contributed by atoms with Crippen LogP contribution in [0.2, 0.25) is 0 Å². The van der Waals surface area contributed by atoms with Gasteiger partial charge < -0.3 is 15.0 Å². The SMILES string of the molecule is COc1ccc(NC(=O)CN(c2ccc(N(C)C)cc2)S(C)(=O)=O)cc1. The van der Waals surface area contributed by atoms with Gasteiger partial charge in [0.05, 0.1) is 19.1 Å². The molecule has 2 aromatic rings. The Hall–Kier alpha value is -2.74. The normalized spacial score (nSPS) is 10.9. The molecule has 0 heterocycles. The summed E-state index contributed by atoms with van der Waals surface area (Å²) < 4.78 is 30.4. The first kappa shape index (κ1) is 19.6. The largest absolute Gasteiger partial charge is 0.497 e. The van der Waals surface area contributed by atoms with Crippen LogP contribution in [0.5, 0.6) is 5.75 Å². The zero-order valence-electron chi connectivity index (χ0n) is 15.3. The fraction of sp³-hybridized carbons (Fsp3) is 0.278. The Bertz CT molecular complexity index is 847. The summed E-state index contributed by atoms with van der Waals surface area (Å²) in [5.41, 5.74) is 1.93. The van der Waals surface area contributed by atoms with Crippen molar-refractivity contribution in [3.63, 3.8) is 0 Å². The van der Waals surface area contributed by atoms with Crippen molar-refractivity contribution >= 4 is 33.0 Å². The highest BCUT2D eigenvalue weighted by Gasteiger charge is 2.21. The lowest BCUT2D eigenvalue weighted by molar-refractivity contribution is -0.114. The van der Waals surface area contributed by atoms with E-state index in [9.17, 15) is 13.2 Å². The number of hydrogen-bond donors (Lipinski definition) is 1. The summed E-state index contributed by atoms with van der Waals surface area (Å²) in [6.45, 7) is -0.313. The van der Waals surface area contributed by atoms with E-state index in [0.717, 1.165) is 16.2 Å². The van der Waals surface area contributed by atoms with Gasteiger partial charge in [-0.15, -0.1) is 0 Å². The van der Waals surface area contributed by atoms with Crippen LogP contribution < -0.4 is 19.3 Å². The smallest absolute Gasteiger partial charge is 0.245 e. The van der Waals surface area contributed by atoms with E-state index in [0.29, 0.717) is 17.1 Å². The van der Waals surface area contributed by atoms with Gasteiger partial charge in [-0.25, -0.2) is 8.42 Å². The van der Waals surface area contributed by atoms with Crippen LogP contribution >= 0.6 is 0 Å². The maximum Gasteiger partial charge on any atom is 0.245 e. The molecule has 0 fully saturated rings. The molecule has 0 aromatic heterocycles. The Morgan fingerprint density at radius 2 is 1.54 bits per heavy atom. The minimum atomic E-state index is -3.61. The predicted molar refractivity (Wildman–Crippen MR) is 105 cm³/mol. The molecule has 0 atom stereocenters.